The highest BCUT2D eigenvalue weighted by atomic mass is 35.5. The zero-order chi connectivity index (χ0) is 19.6. The molecule has 0 unspecified atom stereocenters. The Morgan fingerprint density at radius 3 is 2.45 bits per heavy atom. The molecular weight excluding hydrogens is 402 g/mol. The number of nitrogens with zero attached hydrogens (tertiary/aromatic N) is 1. The van der Waals surface area contributed by atoms with Crippen molar-refractivity contribution >= 4 is 40.5 Å². The molecule has 3 rings (SSSR count). The summed E-state index contributed by atoms with van der Waals surface area (Å²) >= 11 is 6.05. The monoisotopic (exact) mass is 425 g/mol. The largest absolute Gasteiger partial charge is 0.412 e. The standard InChI is InChI=1S/C19H20ClN3O4.2H2O/c1-19(10-24,11-25)21-9-17(26)23-15-5-3-2-4-13(15)18(27)22-14-8-12(20)6-7-16(14)23;;/h2-8,21,24-25H,9-11H2,1H3,(H,22,27);2*1H2. The number of anilines is 3. The number of nitrogens with one attached hydrogen (secondary N) is 2. The maximum absolute atomic E-state index is 13.1. The van der Waals surface area contributed by atoms with Gasteiger partial charge in [0.25, 0.3) is 5.91 Å². The van der Waals surface area contributed by atoms with Gasteiger partial charge in [0.1, 0.15) is 0 Å². The average molecular weight is 426 g/mol. The van der Waals surface area contributed by atoms with Gasteiger partial charge in [0.15, 0.2) is 0 Å². The quantitative estimate of drug-likeness (QED) is 0.538. The molecule has 0 aliphatic carbocycles. The number of benzene rings is 2. The second-order valence-electron chi connectivity index (χ2n) is 6.59. The number of rotatable bonds is 5. The fraction of sp³-hybridized carbons (Fsp3) is 0.263. The lowest BCUT2D eigenvalue weighted by Crippen LogP contribution is -2.52. The van der Waals surface area contributed by atoms with Gasteiger partial charge in [-0.1, -0.05) is 23.7 Å². The Morgan fingerprint density at radius 2 is 1.79 bits per heavy atom. The molecule has 0 aromatic heterocycles. The van der Waals surface area contributed by atoms with Crippen LogP contribution in [0.15, 0.2) is 42.5 Å². The van der Waals surface area contributed by atoms with E-state index in [4.69, 9.17) is 11.6 Å². The van der Waals surface area contributed by atoms with Crippen molar-refractivity contribution in [1.29, 1.82) is 0 Å². The topological polar surface area (TPSA) is 165 Å². The van der Waals surface area contributed by atoms with Crippen LogP contribution in [0.4, 0.5) is 17.1 Å². The number of hydrogen-bond donors (Lipinski definition) is 4. The third-order valence-corrected chi connectivity index (χ3v) is 4.69. The minimum Gasteiger partial charge on any atom is -0.412 e. The first-order valence-electron chi connectivity index (χ1n) is 8.38. The highest BCUT2D eigenvalue weighted by molar-refractivity contribution is 6.31. The summed E-state index contributed by atoms with van der Waals surface area (Å²) in [6.45, 7) is 0.789. The predicted molar refractivity (Wildman–Crippen MR) is 111 cm³/mol. The van der Waals surface area contributed by atoms with Gasteiger partial charge in [0, 0.05) is 5.02 Å². The van der Waals surface area contributed by atoms with Crippen molar-refractivity contribution < 1.29 is 30.8 Å². The van der Waals surface area contributed by atoms with Gasteiger partial charge in [-0.3, -0.25) is 19.8 Å². The van der Waals surface area contributed by atoms with Gasteiger partial charge in [0.05, 0.1) is 47.9 Å². The zero-order valence-electron chi connectivity index (χ0n) is 15.7. The molecule has 2 aromatic carbocycles. The lowest BCUT2D eigenvalue weighted by atomic mass is 10.1. The lowest BCUT2D eigenvalue weighted by Gasteiger charge is -2.29. The maximum Gasteiger partial charge on any atom is 0.257 e. The van der Waals surface area contributed by atoms with E-state index in [1.807, 2.05) is 0 Å². The number of amides is 2. The van der Waals surface area contributed by atoms with E-state index in [9.17, 15) is 19.8 Å². The summed E-state index contributed by atoms with van der Waals surface area (Å²) in [6, 6.07) is 11.7. The van der Waals surface area contributed by atoms with Gasteiger partial charge in [-0.05, 0) is 37.3 Å². The number of aliphatic hydroxyl groups is 2. The molecule has 0 bridgehead atoms. The Labute approximate surface area is 172 Å². The van der Waals surface area contributed by atoms with E-state index in [1.54, 1.807) is 49.4 Å². The molecule has 0 radical (unpaired) electrons. The molecule has 8 N–H and O–H groups in total. The minimum atomic E-state index is -1.00. The fourth-order valence-corrected chi connectivity index (χ4v) is 2.95. The fourth-order valence-electron chi connectivity index (χ4n) is 2.78. The van der Waals surface area contributed by atoms with Crippen molar-refractivity contribution in [2.45, 2.75) is 12.5 Å². The van der Waals surface area contributed by atoms with E-state index in [2.05, 4.69) is 10.6 Å². The molecular formula is C19H24ClN3O6. The Hall–Kier alpha value is -2.53. The molecule has 10 heteroatoms. The van der Waals surface area contributed by atoms with E-state index in [0.29, 0.717) is 27.6 Å². The highest BCUT2D eigenvalue weighted by Gasteiger charge is 2.31. The molecule has 1 heterocycles. The average Bonchev–Trinajstić information content (AvgIpc) is 2.79. The molecule has 29 heavy (non-hydrogen) atoms. The molecule has 0 atom stereocenters. The van der Waals surface area contributed by atoms with E-state index >= 15 is 0 Å². The summed E-state index contributed by atoms with van der Waals surface area (Å²) < 4.78 is 0. The van der Waals surface area contributed by atoms with E-state index in [0.717, 1.165) is 0 Å². The van der Waals surface area contributed by atoms with Crippen LogP contribution in [-0.2, 0) is 4.79 Å². The maximum atomic E-state index is 13.1. The third kappa shape index (κ3) is 4.91. The number of para-hydroxylation sites is 1. The van der Waals surface area contributed by atoms with Crippen LogP contribution < -0.4 is 15.5 Å². The zero-order valence-corrected chi connectivity index (χ0v) is 16.5. The molecule has 0 spiro atoms. The summed E-state index contributed by atoms with van der Waals surface area (Å²) in [7, 11) is 0. The van der Waals surface area contributed by atoms with Crippen LogP contribution in [0.25, 0.3) is 0 Å². The van der Waals surface area contributed by atoms with Gasteiger partial charge < -0.3 is 26.5 Å². The first-order chi connectivity index (χ1) is 12.9. The second kappa shape index (κ2) is 9.79. The molecule has 0 saturated heterocycles. The number of carbonyl (C=O) groups excluding carboxylic acids is 2. The normalized spacial score (nSPS) is 12.6. The highest BCUT2D eigenvalue weighted by Crippen LogP contribution is 2.39. The SMILES string of the molecule is CC(CO)(CO)NCC(=O)N1c2ccc(Cl)cc2NC(=O)c2ccccc21.O.O. The Kier molecular flexibility index (Phi) is 8.27. The molecule has 0 saturated carbocycles. The summed E-state index contributed by atoms with van der Waals surface area (Å²) in [5.41, 5.74) is 0.698. The van der Waals surface area contributed by atoms with Gasteiger partial charge in [0.2, 0.25) is 5.91 Å². The van der Waals surface area contributed by atoms with Crippen LogP contribution in [0.5, 0.6) is 0 Å². The number of fused-ring (bicyclic) bond motifs is 2. The van der Waals surface area contributed by atoms with Crippen LogP contribution in [0.3, 0.4) is 0 Å². The molecule has 0 fully saturated rings. The van der Waals surface area contributed by atoms with Crippen molar-refractivity contribution in [3.8, 4) is 0 Å². The molecule has 1 aliphatic rings. The molecule has 2 amide bonds. The Balaban J connectivity index is 0.00000210. The smallest absolute Gasteiger partial charge is 0.257 e. The number of hydrogen-bond acceptors (Lipinski definition) is 5. The molecule has 9 nitrogen and oxygen atoms in total. The first kappa shape index (κ1) is 24.5. The van der Waals surface area contributed by atoms with Crippen LogP contribution in [-0.4, -0.2) is 58.3 Å². The summed E-state index contributed by atoms with van der Waals surface area (Å²) in [5, 5.41) is 24.9. The molecule has 158 valence electrons. The van der Waals surface area contributed by atoms with Gasteiger partial charge in [-0.25, -0.2) is 0 Å². The number of halogens is 1. The van der Waals surface area contributed by atoms with Crippen molar-refractivity contribution in [2.75, 3.05) is 30.0 Å². The Bertz CT molecular complexity index is 888. The van der Waals surface area contributed by atoms with Crippen molar-refractivity contribution in [1.82, 2.24) is 5.32 Å². The summed E-state index contributed by atoms with van der Waals surface area (Å²) in [4.78, 5) is 27.1. The van der Waals surface area contributed by atoms with E-state index in [1.165, 1.54) is 4.90 Å². The van der Waals surface area contributed by atoms with Crippen LogP contribution in [0.1, 0.15) is 17.3 Å². The van der Waals surface area contributed by atoms with Crippen LogP contribution in [0, 0.1) is 0 Å². The van der Waals surface area contributed by atoms with E-state index in [-0.39, 0.29) is 42.5 Å². The Morgan fingerprint density at radius 1 is 1.14 bits per heavy atom. The van der Waals surface area contributed by atoms with Crippen molar-refractivity contribution in [2.24, 2.45) is 0 Å². The lowest BCUT2D eigenvalue weighted by molar-refractivity contribution is -0.117. The van der Waals surface area contributed by atoms with E-state index < -0.39 is 5.54 Å². The number of aliphatic hydroxyl groups excluding tert-OH is 2. The van der Waals surface area contributed by atoms with Crippen molar-refractivity contribution in [3.05, 3.63) is 53.1 Å². The molecule has 2 aromatic rings. The van der Waals surface area contributed by atoms with Crippen LogP contribution in [0.2, 0.25) is 5.02 Å². The van der Waals surface area contributed by atoms with Gasteiger partial charge in [-0.15, -0.1) is 0 Å². The first-order valence-corrected chi connectivity index (χ1v) is 8.76. The number of carbonyl (C=O) groups is 2. The predicted octanol–water partition coefficient (Wildman–Crippen LogP) is 0.254. The minimum absolute atomic E-state index is 0. The summed E-state index contributed by atoms with van der Waals surface area (Å²) in [5.74, 6) is -0.691. The van der Waals surface area contributed by atoms with Gasteiger partial charge >= 0.3 is 0 Å². The van der Waals surface area contributed by atoms with Crippen molar-refractivity contribution in [3.63, 3.8) is 0 Å². The van der Waals surface area contributed by atoms with Crippen LogP contribution >= 0.6 is 11.6 Å². The second-order valence-corrected chi connectivity index (χ2v) is 7.03. The summed E-state index contributed by atoms with van der Waals surface area (Å²) in [6.07, 6.45) is 0. The van der Waals surface area contributed by atoms with Gasteiger partial charge in [-0.2, -0.15) is 0 Å². The molecule has 1 aliphatic heterocycles. The third-order valence-electron chi connectivity index (χ3n) is 4.45.